The van der Waals surface area contributed by atoms with Crippen molar-refractivity contribution >= 4 is 23.2 Å². The number of hydrogen-bond donors (Lipinski definition) is 1. The number of nitrogens with zero attached hydrogens (tertiary/aromatic N) is 1. The number of rotatable bonds is 4. The lowest BCUT2D eigenvalue weighted by Crippen LogP contribution is -2.43. The number of amides is 1. The highest BCUT2D eigenvalue weighted by Gasteiger charge is 2.22. The maximum absolute atomic E-state index is 12.1. The topological polar surface area (TPSA) is 32.3 Å². The SMILES string of the molecule is CCC1CCCCN1CC(=O)Nc1cccc(Cl)c1. The Bertz CT molecular complexity index is 436. The smallest absolute Gasteiger partial charge is 0.238 e. The molecular weight excluding hydrogens is 260 g/mol. The highest BCUT2D eigenvalue weighted by molar-refractivity contribution is 6.30. The highest BCUT2D eigenvalue weighted by Crippen LogP contribution is 2.19. The molecule has 19 heavy (non-hydrogen) atoms. The summed E-state index contributed by atoms with van der Waals surface area (Å²) in [5, 5.41) is 3.55. The number of likely N-dealkylation sites (tertiary alicyclic amines) is 1. The third-order valence-electron chi connectivity index (χ3n) is 3.68. The van der Waals surface area contributed by atoms with Crippen molar-refractivity contribution in [3.05, 3.63) is 29.3 Å². The van der Waals surface area contributed by atoms with Crippen molar-refractivity contribution in [3.8, 4) is 0 Å². The lowest BCUT2D eigenvalue weighted by atomic mass is 10.00. The van der Waals surface area contributed by atoms with E-state index in [1.165, 1.54) is 19.3 Å². The van der Waals surface area contributed by atoms with E-state index in [1.807, 2.05) is 12.1 Å². The van der Waals surface area contributed by atoms with Gasteiger partial charge in [-0.15, -0.1) is 0 Å². The number of carbonyl (C=O) groups is 1. The minimum Gasteiger partial charge on any atom is -0.325 e. The van der Waals surface area contributed by atoms with Crippen LogP contribution in [0.3, 0.4) is 0 Å². The van der Waals surface area contributed by atoms with Crippen LogP contribution in [-0.2, 0) is 4.79 Å². The van der Waals surface area contributed by atoms with Crippen LogP contribution in [-0.4, -0.2) is 29.9 Å². The number of halogens is 1. The molecule has 1 saturated heterocycles. The van der Waals surface area contributed by atoms with Crippen LogP contribution in [0.15, 0.2) is 24.3 Å². The van der Waals surface area contributed by atoms with Crippen LogP contribution in [0.25, 0.3) is 0 Å². The highest BCUT2D eigenvalue weighted by atomic mass is 35.5. The lowest BCUT2D eigenvalue weighted by Gasteiger charge is -2.34. The van der Waals surface area contributed by atoms with E-state index in [2.05, 4.69) is 17.1 Å². The van der Waals surface area contributed by atoms with Gasteiger partial charge in [0.1, 0.15) is 0 Å². The van der Waals surface area contributed by atoms with Gasteiger partial charge in [-0.2, -0.15) is 0 Å². The van der Waals surface area contributed by atoms with Crippen LogP contribution in [0, 0.1) is 0 Å². The Hall–Kier alpha value is -1.06. The van der Waals surface area contributed by atoms with Gasteiger partial charge < -0.3 is 5.32 Å². The molecule has 104 valence electrons. The third kappa shape index (κ3) is 4.22. The molecule has 0 aliphatic carbocycles. The van der Waals surface area contributed by atoms with Gasteiger partial charge in [0.15, 0.2) is 0 Å². The lowest BCUT2D eigenvalue weighted by molar-refractivity contribution is -0.118. The summed E-state index contributed by atoms with van der Waals surface area (Å²) in [7, 11) is 0. The molecule has 1 aliphatic rings. The molecule has 3 nitrogen and oxygen atoms in total. The van der Waals surface area contributed by atoms with Crippen molar-refractivity contribution in [2.75, 3.05) is 18.4 Å². The van der Waals surface area contributed by atoms with E-state index in [0.29, 0.717) is 17.6 Å². The molecule has 1 aromatic rings. The zero-order valence-electron chi connectivity index (χ0n) is 11.4. The Morgan fingerprint density at radius 1 is 1.47 bits per heavy atom. The number of carbonyl (C=O) groups excluding carboxylic acids is 1. The molecule has 1 fully saturated rings. The largest absolute Gasteiger partial charge is 0.325 e. The molecular formula is C15H21ClN2O. The Morgan fingerprint density at radius 3 is 3.05 bits per heavy atom. The van der Waals surface area contributed by atoms with Gasteiger partial charge in [-0.1, -0.05) is 31.0 Å². The molecule has 1 N–H and O–H groups in total. The van der Waals surface area contributed by atoms with Gasteiger partial charge in [0.2, 0.25) is 5.91 Å². The summed E-state index contributed by atoms with van der Waals surface area (Å²) in [6.45, 7) is 3.70. The first-order chi connectivity index (χ1) is 9.19. The summed E-state index contributed by atoms with van der Waals surface area (Å²) in [6.07, 6.45) is 4.80. The molecule has 0 spiro atoms. The summed E-state index contributed by atoms with van der Waals surface area (Å²) >= 11 is 5.90. The molecule has 1 heterocycles. The molecule has 1 aromatic carbocycles. The first-order valence-electron chi connectivity index (χ1n) is 6.98. The van der Waals surface area contributed by atoms with E-state index >= 15 is 0 Å². The van der Waals surface area contributed by atoms with E-state index in [9.17, 15) is 4.79 Å². The fourth-order valence-corrected chi connectivity index (χ4v) is 2.87. The van der Waals surface area contributed by atoms with Gasteiger partial charge in [-0.05, 0) is 44.0 Å². The zero-order valence-corrected chi connectivity index (χ0v) is 12.1. The fourth-order valence-electron chi connectivity index (χ4n) is 2.68. The van der Waals surface area contributed by atoms with E-state index in [-0.39, 0.29) is 5.91 Å². The standard InChI is InChI=1S/C15H21ClN2O/c1-2-14-8-3-4-9-18(14)11-15(19)17-13-7-5-6-12(16)10-13/h5-7,10,14H,2-4,8-9,11H2,1H3,(H,17,19). The Morgan fingerprint density at radius 2 is 2.32 bits per heavy atom. The molecule has 1 atom stereocenters. The summed E-state index contributed by atoms with van der Waals surface area (Å²) < 4.78 is 0. The second-order valence-electron chi connectivity index (χ2n) is 5.09. The summed E-state index contributed by atoms with van der Waals surface area (Å²) in [6, 6.07) is 7.83. The quantitative estimate of drug-likeness (QED) is 0.915. The summed E-state index contributed by atoms with van der Waals surface area (Å²) in [5.41, 5.74) is 0.766. The molecule has 0 bridgehead atoms. The molecule has 4 heteroatoms. The number of benzene rings is 1. The van der Waals surface area contributed by atoms with Crippen LogP contribution in [0.4, 0.5) is 5.69 Å². The van der Waals surface area contributed by atoms with Gasteiger partial charge in [0.25, 0.3) is 0 Å². The van der Waals surface area contributed by atoms with E-state index in [0.717, 1.165) is 18.7 Å². The molecule has 1 aliphatic heterocycles. The average Bonchev–Trinajstić information content (AvgIpc) is 2.39. The van der Waals surface area contributed by atoms with Gasteiger partial charge in [0.05, 0.1) is 6.54 Å². The number of anilines is 1. The predicted molar refractivity (Wildman–Crippen MR) is 79.6 cm³/mol. The fraction of sp³-hybridized carbons (Fsp3) is 0.533. The number of piperidine rings is 1. The molecule has 0 radical (unpaired) electrons. The van der Waals surface area contributed by atoms with Crippen molar-refractivity contribution in [2.24, 2.45) is 0 Å². The van der Waals surface area contributed by atoms with Crippen molar-refractivity contribution in [1.82, 2.24) is 4.90 Å². The molecule has 0 saturated carbocycles. The van der Waals surface area contributed by atoms with Crippen LogP contribution in [0.2, 0.25) is 5.02 Å². The van der Waals surface area contributed by atoms with Crippen LogP contribution < -0.4 is 5.32 Å². The van der Waals surface area contributed by atoms with Crippen LogP contribution in [0.5, 0.6) is 0 Å². The predicted octanol–water partition coefficient (Wildman–Crippen LogP) is 3.54. The van der Waals surface area contributed by atoms with Gasteiger partial charge in [0, 0.05) is 16.8 Å². The van der Waals surface area contributed by atoms with Crippen molar-refractivity contribution < 1.29 is 4.79 Å². The first-order valence-corrected chi connectivity index (χ1v) is 7.36. The van der Waals surface area contributed by atoms with E-state index < -0.39 is 0 Å². The maximum atomic E-state index is 12.1. The molecule has 1 unspecified atom stereocenters. The van der Waals surface area contributed by atoms with Crippen molar-refractivity contribution in [1.29, 1.82) is 0 Å². The molecule has 0 aromatic heterocycles. The van der Waals surface area contributed by atoms with E-state index in [1.54, 1.807) is 12.1 Å². The van der Waals surface area contributed by atoms with Gasteiger partial charge in [-0.3, -0.25) is 9.69 Å². The Kier molecular flexibility index (Phi) is 5.23. The van der Waals surface area contributed by atoms with Crippen LogP contribution >= 0.6 is 11.6 Å². The first kappa shape index (κ1) is 14.4. The third-order valence-corrected chi connectivity index (χ3v) is 3.91. The van der Waals surface area contributed by atoms with Gasteiger partial charge in [-0.25, -0.2) is 0 Å². The Labute approximate surface area is 119 Å². The number of nitrogens with one attached hydrogen (secondary N) is 1. The average molecular weight is 281 g/mol. The minimum atomic E-state index is 0.0441. The normalized spacial score (nSPS) is 20.2. The van der Waals surface area contributed by atoms with Gasteiger partial charge >= 0.3 is 0 Å². The second kappa shape index (κ2) is 6.92. The number of hydrogen-bond acceptors (Lipinski definition) is 2. The molecule has 1 amide bonds. The monoisotopic (exact) mass is 280 g/mol. The summed E-state index contributed by atoms with van der Waals surface area (Å²) in [5.74, 6) is 0.0441. The molecule has 2 rings (SSSR count). The minimum absolute atomic E-state index is 0.0441. The van der Waals surface area contributed by atoms with Crippen LogP contribution in [0.1, 0.15) is 32.6 Å². The Balaban J connectivity index is 1.90. The zero-order chi connectivity index (χ0) is 13.7. The summed E-state index contributed by atoms with van der Waals surface area (Å²) in [4.78, 5) is 14.4. The van der Waals surface area contributed by atoms with E-state index in [4.69, 9.17) is 11.6 Å². The van der Waals surface area contributed by atoms with Crippen molar-refractivity contribution in [2.45, 2.75) is 38.6 Å². The maximum Gasteiger partial charge on any atom is 0.238 e. The van der Waals surface area contributed by atoms with Crippen molar-refractivity contribution in [3.63, 3.8) is 0 Å². The second-order valence-corrected chi connectivity index (χ2v) is 5.52.